The summed E-state index contributed by atoms with van der Waals surface area (Å²) in [7, 11) is 1.72. The van der Waals surface area contributed by atoms with E-state index in [2.05, 4.69) is 10.1 Å². The molecule has 7 heteroatoms. The van der Waals surface area contributed by atoms with Gasteiger partial charge in [-0.1, -0.05) is 22.9 Å². The van der Waals surface area contributed by atoms with Crippen LogP contribution in [0, 0.1) is 12.8 Å². The number of hydrogen-bond acceptors (Lipinski definition) is 5. The second-order valence-corrected chi connectivity index (χ2v) is 6.50. The Bertz CT molecular complexity index is 727. The molecular formula is C18H22N4O3. The third-order valence-corrected chi connectivity index (χ3v) is 4.52. The first-order valence-electron chi connectivity index (χ1n) is 8.41. The molecule has 2 heterocycles. The zero-order chi connectivity index (χ0) is 17.8. The Balaban J connectivity index is 1.63. The Morgan fingerprint density at radius 2 is 2.08 bits per heavy atom. The van der Waals surface area contributed by atoms with Crippen molar-refractivity contribution in [1.29, 1.82) is 0 Å². The lowest BCUT2D eigenvalue weighted by Crippen LogP contribution is -2.45. The van der Waals surface area contributed by atoms with E-state index < -0.39 is 0 Å². The van der Waals surface area contributed by atoms with E-state index in [0.717, 1.165) is 18.4 Å². The summed E-state index contributed by atoms with van der Waals surface area (Å²) in [6, 6.07) is 7.54. The smallest absolute Gasteiger partial charge is 0.253 e. The molecule has 1 unspecified atom stereocenters. The first kappa shape index (κ1) is 17.1. The van der Waals surface area contributed by atoms with Gasteiger partial charge in [-0.15, -0.1) is 0 Å². The lowest BCUT2D eigenvalue weighted by Gasteiger charge is -2.33. The van der Waals surface area contributed by atoms with Crippen LogP contribution in [-0.4, -0.2) is 51.9 Å². The fourth-order valence-corrected chi connectivity index (χ4v) is 3.11. The van der Waals surface area contributed by atoms with Gasteiger partial charge in [0.2, 0.25) is 12.3 Å². The molecule has 1 aliphatic rings. The predicted octanol–water partition coefficient (Wildman–Crippen LogP) is 1.89. The molecule has 0 aliphatic carbocycles. The van der Waals surface area contributed by atoms with Crippen molar-refractivity contribution >= 4 is 11.8 Å². The maximum atomic E-state index is 12.7. The molecule has 0 N–H and O–H groups in total. The van der Waals surface area contributed by atoms with E-state index in [1.165, 1.54) is 6.39 Å². The van der Waals surface area contributed by atoms with E-state index >= 15 is 0 Å². The van der Waals surface area contributed by atoms with Crippen molar-refractivity contribution in [2.24, 2.45) is 5.92 Å². The van der Waals surface area contributed by atoms with E-state index in [-0.39, 0.29) is 17.7 Å². The average Bonchev–Trinajstić information content (AvgIpc) is 3.14. The summed E-state index contributed by atoms with van der Waals surface area (Å²) >= 11 is 0. The summed E-state index contributed by atoms with van der Waals surface area (Å²) < 4.78 is 4.69. The van der Waals surface area contributed by atoms with Gasteiger partial charge in [-0.05, 0) is 31.9 Å². The molecule has 7 nitrogen and oxygen atoms in total. The number of benzene rings is 1. The molecule has 1 aliphatic heterocycles. The molecule has 2 amide bonds. The Kier molecular flexibility index (Phi) is 5.11. The highest BCUT2D eigenvalue weighted by Gasteiger charge is 2.30. The molecule has 25 heavy (non-hydrogen) atoms. The molecule has 0 bridgehead atoms. The third kappa shape index (κ3) is 4.04. The molecule has 3 rings (SSSR count). The Labute approximate surface area is 146 Å². The third-order valence-electron chi connectivity index (χ3n) is 4.52. The van der Waals surface area contributed by atoms with Gasteiger partial charge in [0, 0.05) is 25.7 Å². The topological polar surface area (TPSA) is 79.5 Å². The first-order chi connectivity index (χ1) is 12.0. The normalized spacial score (nSPS) is 17.4. The van der Waals surface area contributed by atoms with Crippen LogP contribution < -0.4 is 0 Å². The lowest BCUT2D eigenvalue weighted by atomic mass is 9.96. The summed E-state index contributed by atoms with van der Waals surface area (Å²) in [5.41, 5.74) is 1.78. The molecule has 1 saturated heterocycles. The van der Waals surface area contributed by atoms with Crippen LogP contribution in [0.1, 0.15) is 34.6 Å². The number of hydrogen-bond donors (Lipinski definition) is 0. The molecule has 1 fully saturated rings. The largest absolute Gasteiger partial charge is 0.343 e. The molecular weight excluding hydrogens is 320 g/mol. The van der Waals surface area contributed by atoms with Crippen molar-refractivity contribution < 1.29 is 14.1 Å². The van der Waals surface area contributed by atoms with Gasteiger partial charge < -0.3 is 14.3 Å². The summed E-state index contributed by atoms with van der Waals surface area (Å²) in [6.07, 6.45) is 2.85. The van der Waals surface area contributed by atoms with Crippen molar-refractivity contribution in [3.63, 3.8) is 0 Å². The average molecular weight is 342 g/mol. The van der Waals surface area contributed by atoms with Crippen LogP contribution >= 0.6 is 0 Å². The zero-order valence-corrected chi connectivity index (χ0v) is 14.5. The highest BCUT2D eigenvalue weighted by Crippen LogP contribution is 2.21. The van der Waals surface area contributed by atoms with Crippen LogP contribution in [0.2, 0.25) is 0 Å². The van der Waals surface area contributed by atoms with Gasteiger partial charge >= 0.3 is 0 Å². The number of amides is 2. The van der Waals surface area contributed by atoms with E-state index in [4.69, 9.17) is 4.52 Å². The van der Waals surface area contributed by atoms with E-state index in [0.29, 0.717) is 31.0 Å². The molecule has 1 aromatic heterocycles. The number of aromatic nitrogens is 2. The SMILES string of the molecule is Cc1ccc(C(=O)N2CCCC(C(=O)N(C)Cc3ncon3)C2)cc1. The van der Waals surface area contributed by atoms with Gasteiger partial charge in [0.1, 0.15) is 0 Å². The van der Waals surface area contributed by atoms with Crippen molar-refractivity contribution in [3.8, 4) is 0 Å². The number of aryl methyl sites for hydroxylation is 1. The van der Waals surface area contributed by atoms with Crippen molar-refractivity contribution in [2.75, 3.05) is 20.1 Å². The minimum absolute atomic E-state index is 0.00575. The number of piperidine rings is 1. The maximum absolute atomic E-state index is 12.7. The molecule has 1 atom stereocenters. The Morgan fingerprint density at radius 3 is 2.76 bits per heavy atom. The van der Waals surface area contributed by atoms with E-state index in [9.17, 15) is 9.59 Å². The van der Waals surface area contributed by atoms with Crippen LogP contribution in [0.25, 0.3) is 0 Å². The van der Waals surface area contributed by atoms with Crippen molar-refractivity contribution in [1.82, 2.24) is 19.9 Å². The molecule has 0 spiro atoms. The quantitative estimate of drug-likeness (QED) is 0.848. The van der Waals surface area contributed by atoms with Crippen LogP contribution in [0.3, 0.4) is 0 Å². The van der Waals surface area contributed by atoms with Gasteiger partial charge in [0.15, 0.2) is 5.82 Å². The van der Waals surface area contributed by atoms with Gasteiger partial charge in [-0.3, -0.25) is 9.59 Å². The number of carbonyl (C=O) groups is 2. The standard InChI is InChI=1S/C18H22N4O3/c1-13-5-7-14(8-6-13)18(24)22-9-3-4-15(10-22)17(23)21(2)11-16-19-12-25-20-16/h5-8,12,15H,3-4,9-11H2,1-2H3. The van der Waals surface area contributed by atoms with E-state index in [1.807, 2.05) is 31.2 Å². The molecule has 0 saturated carbocycles. The first-order valence-corrected chi connectivity index (χ1v) is 8.41. The monoisotopic (exact) mass is 342 g/mol. The summed E-state index contributed by atoms with van der Waals surface area (Å²) in [5, 5.41) is 3.73. The molecule has 0 radical (unpaired) electrons. The molecule has 1 aromatic carbocycles. The maximum Gasteiger partial charge on any atom is 0.253 e. The fraction of sp³-hybridized carbons (Fsp3) is 0.444. The summed E-state index contributed by atoms with van der Waals surface area (Å²) in [6.45, 7) is 3.42. The Hall–Kier alpha value is -2.70. The van der Waals surface area contributed by atoms with Crippen LogP contribution in [0.5, 0.6) is 0 Å². The van der Waals surface area contributed by atoms with Gasteiger partial charge in [0.05, 0.1) is 12.5 Å². The second-order valence-electron chi connectivity index (χ2n) is 6.50. The zero-order valence-electron chi connectivity index (χ0n) is 14.5. The van der Waals surface area contributed by atoms with E-state index in [1.54, 1.807) is 16.8 Å². The van der Waals surface area contributed by atoms with Gasteiger partial charge in [-0.2, -0.15) is 4.98 Å². The highest BCUT2D eigenvalue weighted by atomic mass is 16.5. The molecule has 2 aromatic rings. The van der Waals surface area contributed by atoms with Crippen molar-refractivity contribution in [3.05, 3.63) is 47.6 Å². The lowest BCUT2D eigenvalue weighted by molar-refractivity contribution is -0.136. The summed E-state index contributed by atoms with van der Waals surface area (Å²) in [5.74, 6) is 0.267. The number of rotatable bonds is 4. The van der Waals surface area contributed by atoms with Gasteiger partial charge in [0.25, 0.3) is 5.91 Å². The Morgan fingerprint density at radius 1 is 1.32 bits per heavy atom. The van der Waals surface area contributed by atoms with Crippen LogP contribution in [0.4, 0.5) is 0 Å². The van der Waals surface area contributed by atoms with Crippen LogP contribution in [0.15, 0.2) is 35.2 Å². The number of likely N-dealkylation sites (tertiary alicyclic amines) is 1. The number of nitrogens with zero attached hydrogens (tertiary/aromatic N) is 4. The van der Waals surface area contributed by atoms with Crippen molar-refractivity contribution in [2.45, 2.75) is 26.3 Å². The van der Waals surface area contributed by atoms with Crippen LogP contribution in [-0.2, 0) is 11.3 Å². The number of carbonyl (C=O) groups excluding carboxylic acids is 2. The highest BCUT2D eigenvalue weighted by molar-refractivity contribution is 5.94. The fourth-order valence-electron chi connectivity index (χ4n) is 3.11. The van der Waals surface area contributed by atoms with Gasteiger partial charge in [-0.25, -0.2) is 0 Å². The summed E-state index contributed by atoms with van der Waals surface area (Å²) in [4.78, 5) is 32.7. The minimum Gasteiger partial charge on any atom is -0.343 e. The minimum atomic E-state index is -0.194. The second kappa shape index (κ2) is 7.46. The predicted molar refractivity (Wildman–Crippen MR) is 90.6 cm³/mol. The molecule has 132 valence electrons.